The number of pyridine rings is 2. The molecule has 5 N–H and O–H groups in total. The zero-order valence-corrected chi connectivity index (χ0v) is 34.5. The second kappa shape index (κ2) is 19.7. The topological polar surface area (TPSA) is 139 Å². The van der Waals surface area contributed by atoms with E-state index in [9.17, 15) is 9.59 Å². The molecule has 0 bridgehead atoms. The lowest BCUT2D eigenvalue weighted by Crippen LogP contribution is -2.45. The highest BCUT2D eigenvalue weighted by atomic mass is 35.5. The summed E-state index contributed by atoms with van der Waals surface area (Å²) >= 11 is 0. The van der Waals surface area contributed by atoms with Crippen molar-refractivity contribution in [3.05, 3.63) is 59.9 Å². The number of carbonyl (C=O) groups excluding carboxylic acids is 2. The summed E-state index contributed by atoms with van der Waals surface area (Å²) in [5.74, 6) is 1.53. The first-order valence-electron chi connectivity index (χ1n) is 17.9. The number of carbonyl (C=O) groups is 2. The van der Waals surface area contributed by atoms with Gasteiger partial charge in [-0.05, 0) is 63.8 Å². The van der Waals surface area contributed by atoms with Crippen LogP contribution in [0.5, 0.6) is 11.5 Å². The Morgan fingerprint density at radius 3 is 1.36 bits per heavy atom. The molecule has 292 valence electrons. The average Bonchev–Trinajstić information content (AvgIpc) is 3.07. The van der Waals surface area contributed by atoms with Gasteiger partial charge in [0.15, 0.2) is 0 Å². The first kappa shape index (κ1) is 44.9. The predicted molar refractivity (Wildman–Crippen MR) is 223 cm³/mol. The van der Waals surface area contributed by atoms with Crippen molar-refractivity contribution in [1.29, 1.82) is 0 Å². The van der Waals surface area contributed by atoms with Gasteiger partial charge in [0.1, 0.15) is 11.5 Å². The minimum absolute atomic E-state index is 0. The van der Waals surface area contributed by atoms with Crippen LogP contribution in [0.3, 0.4) is 0 Å². The van der Waals surface area contributed by atoms with Gasteiger partial charge in [0.25, 0.3) is 0 Å². The molecule has 0 aliphatic heterocycles. The summed E-state index contributed by atoms with van der Waals surface area (Å²) in [6.45, 7) is 18.0. The van der Waals surface area contributed by atoms with Crippen molar-refractivity contribution < 1.29 is 19.1 Å². The summed E-state index contributed by atoms with van der Waals surface area (Å²) in [5, 5.41) is 17.1. The number of imide groups is 1. The number of methoxy groups -OCH3 is 2. The normalized spacial score (nSPS) is 12.5. The number of nitrogens with one attached hydrogen (secondary N) is 5. The molecule has 2 unspecified atom stereocenters. The van der Waals surface area contributed by atoms with Crippen LogP contribution >= 0.6 is 24.8 Å². The molecule has 2 atom stereocenters. The number of anilines is 2. The zero-order valence-electron chi connectivity index (χ0n) is 32.9. The van der Waals surface area contributed by atoms with Crippen molar-refractivity contribution in [2.75, 3.05) is 37.9 Å². The SMILES string of the molecule is COc1cc(NC(C)CCCNC(=O)NC(=O)NCCCC(C)Nc2cc(OC)cc3ccc(C(C)(C)C)nc23)c2nc(C(C)(C)C)ccc2c1.Cl.Cl. The molecule has 13 heteroatoms. The number of rotatable bonds is 14. The minimum atomic E-state index is -0.520. The number of urea groups is 2. The van der Waals surface area contributed by atoms with Gasteiger partial charge in [-0.2, -0.15) is 0 Å². The van der Waals surface area contributed by atoms with Crippen LogP contribution in [0.1, 0.15) is 92.5 Å². The van der Waals surface area contributed by atoms with Crippen LogP contribution in [0.2, 0.25) is 0 Å². The van der Waals surface area contributed by atoms with Crippen LogP contribution < -0.4 is 36.1 Å². The Morgan fingerprint density at radius 2 is 1.02 bits per heavy atom. The Morgan fingerprint density at radius 1 is 0.642 bits per heavy atom. The smallest absolute Gasteiger partial charge is 0.322 e. The highest BCUT2D eigenvalue weighted by Crippen LogP contribution is 2.33. The van der Waals surface area contributed by atoms with Crippen molar-refractivity contribution in [2.24, 2.45) is 0 Å². The molecule has 4 rings (SSSR count). The van der Waals surface area contributed by atoms with Gasteiger partial charge < -0.3 is 30.7 Å². The highest BCUT2D eigenvalue weighted by molar-refractivity contribution is 5.94. The Hall–Kier alpha value is -4.22. The van der Waals surface area contributed by atoms with Gasteiger partial charge in [0, 0.05) is 70.3 Å². The fourth-order valence-electron chi connectivity index (χ4n) is 5.79. The van der Waals surface area contributed by atoms with E-state index in [4.69, 9.17) is 19.4 Å². The van der Waals surface area contributed by atoms with Crippen molar-refractivity contribution in [3.63, 3.8) is 0 Å². The summed E-state index contributed by atoms with van der Waals surface area (Å²) in [4.78, 5) is 34.7. The van der Waals surface area contributed by atoms with Crippen LogP contribution in [0.15, 0.2) is 48.5 Å². The van der Waals surface area contributed by atoms with E-state index in [0.717, 1.165) is 81.8 Å². The molecular weight excluding hydrogens is 713 g/mol. The lowest BCUT2D eigenvalue weighted by molar-refractivity contribution is 0.227. The Balaban J connectivity index is 0.00000486. The van der Waals surface area contributed by atoms with Gasteiger partial charge in [0.2, 0.25) is 0 Å². The van der Waals surface area contributed by atoms with Crippen molar-refractivity contribution >= 4 is 70.1 Å². The number of hydrogen-bond donors (Lipinski definition) is 5. The number of nitrogens with zero attached hydrogens (tertiary/aromatic N) is 2. The molecule has 4 aromatic rings. The molecule has 53 heavy (non-hydrogen) atoms. The molecule has 2 aromatic heterocycles. The third kappa shape index (κ3) is 13.0. The van der Waals surface area contributed by atoms with E-state index >= 15 is 0 Å². The second-order valence-corrected chi connectivity index (χ2v) is 15.4. The minimum Gasteiger partial charge on any atom is -0.497 e. The maximum Gasteiger partial charge on any atom is 0.322 e. The first-order chi connectivity index (χ1) is 24.1. The Labute approximate surface area is 327 Å². The lowest BCUT2D eigenvalue weighted by Gasteiger charge is -2.21. The third-order valence-electron chi connectivity index (χ3n) is 8.77. The summed E-state index contributed by atoms with van der Waals surface area (Å²) < 4.78 is 11.1. The Bertz CT molecular complexity index is 1690. The van der Waals surface area contributed by atoms with Crippen molar-refractivity contribution in [3.8, 4) is 11.5 Å². The fraction of sp³-hybridized carbons (Fsp3) is 0.500. The molecule has 4 amide bonds. The molecule has 11 nitrogen and oxygen atoms in total. The van der Waals surface area contributed by atoms with E-state index in [2.05, 4.69) is 106 Å². The molecule has 0 aliphatic rings. The average molecular weight is 773 g/mol. The van der Waals surface area contributed by atoms with Gasteiger partial charge in [-0.15, -0.1) is 24.8 Å². The van der Waals surface area contributed by atoms with Gasteiger partial charge in [-0.25, -0.2) is 9.59 Å². The second-order valence-electron chi connectivity index (χ2n) is 15.4. The monoisotopic (exact) mass is 771 g/mol. The molecular formula is C40H59Cl2N7O4. The van der Waals surface area contributed by atoms with Gasteiger partial charge >= 0.3 is 12.1 Å². The molecule has 0 fully saturated rings. The molecule has 0 radical (unpaired) electrons. The van der Waals surface area contributed by atoms with Crippen molar-refractivity contribution in [1.82, 2.24) is 25.9 Å². The number of hydrogen-bond acceptors (Lipinski definition) is 8. The molecule has 0 saturated heterocycles. The summed E-state index contributed by atoms with van der Waals surface area (Å²) in [6.07, 6.45) is 3.06. The molecule has 2 heterocycles. The third-order valence-corrected chi connectivity index (χ3v) is 8.77. The van der Waals surface area contributed by atoms with E-state index in [1.165, 1.54) is 0 Å². The van der Waals surface area contributed by atoms with Gasteiger partial charge in [-0.3, -0.25) is 15.3 Å². The lowest BCUT2D eigenvalue weighted by atomic mass is 9.91. The highest BCUT2D eigenvalue weighted by Gasteiger charge is 2.19. The maximum absolute atomic E-state index is 12.4. The first-order valence-corrected chi connectivity index (χ1v) is 17.9. The quantitative estimate of drug-likeness (QED) is 0.0801. The van der Waals surface area contributed by atoms with Gasteiger partial charge in [0.05, 0.1) is 36.6 Å². The van der Waals surface area contributed by atoms with Crippen LogP contribution in [-0.2, 0) is 10.8 Å². The number of aromatic nitrogens is 2. The zero-order chi connectivity index (χ0) is 37.3. The maximum atomic E-state index is 12.4. The van der Waals surface area contributed by atoms with E-state index in [0.29, 0.717) is 13.1 Å². The standard InChI is InChI=1S/C40H57N7O4.2ClH/c1-25(43-31-23-29(50-9)21-27-15-17-33(39(3,4)5)45-35(27)31)13-11-19-41-37(48)47-38(49)42-20-12-14-26(2)44-32-24-30(51-10)22-28-16-18-34(40(6,7)8)46-36(28)32;;/h15-18,21-26,43-44H,11-14,19-20H2,1-10H3,(H3,41,42,47,48,49);2*1H. The summed E-state index contributed by atoms with van der Waals surface area (Å²) in [6, 6.07) is 15.4. The van der Waals surface area contributed by atoms with Gasteiger partial charge in [-0.1, -0.05) is 53.7 Å². The molecule has 0 spiro atoms. The van der Waals surface area contributed by atoms with E-state index in [1.807, 2.05) is 24.3 Å². The number of ether oxygens (including phenoxy) is 2. The summed E-state index contributed by atoms with van der Waals surface area (Å²) in [7, 11) is 3.32. The van der Waals surface area contributed by atoms with Crippen molar-refractivity contribution in [2.45, 2.75) is 104 Å². The summed E-state index contributed by atoms with van der Waals surface area (Å²) in [5.41, 5.74) is 5.54. The Kier molecular flexibility index (Phi) is 16.7. The van der Waals surface area contributed by atoms with Crippen LogP contribution in [0.25, 0.3) is 21.8 Å². The number of amides is 4. The fourth-order valence-corrected chi connectivity index (χ4v) is 5.79. The molecule has 2 aromatic carbocycles. The van der Waals surface area contributed by atoms with E-state index < -0.39 is 12.1 Å². The number of fused-ring (bicyclic) bond motifs is 2. The largest absolute Gasteiger partial charge is 0.497 e. The molecule has 0 aliphatic carbocycles. The molecule has 0 saturated carbocycles. The van der Waals surface area contributed by atoms with Crippen LogP contribution in [0.4, 0.5) is 21.0 Å². The van der Waals surface area contributed by atoms with Crippen LogP contribution in [0, 0.1) is 0 Å². The number of benzene rings is 2. The van der Waals surface area contributed by atoms with E-state index in [-0.39, 0.29) is 47.7 Å². The van der Waals surface area contributed by atoms with Crippen LogP contribution in [-0.4, -0.2) is 61.4 Å². The number of halogens is 2. The van der Waals surface area contributed by atoms with E-state index in [1.54, 1.807) is 14.2 Å². The predicted octanol–water partition coefficient (Wildman–Crippen LogP) is 9.11.